The minimum atomic E-state index is -0.0384. The van der Waals surface area contributed by atoms with Crippen molar-refractivity contribution in [3.8, 4) is 0 Å². The van der Waals surface area contributed by atoms with E-state index in [1.807, 2.05) is 48.8 Å². The molecule has 1 heterocycles. The number of aromatic nitrogens is 1. The number of nitrogens with one attached hydrogen (secondary N) is 1. The van der Waals surface area contributed by atoms with E-state index in [2.05, 4.69) is 22.4 Å². The number of rotatable bonds is 4. The second-order valence-electron chi connectivity index (χ2n) is 4.86. The van der Waals surface area contributed by atoms with Crippen molar-refractivity contribution in [3.05, 3.63) is 71.5 Å². The lowest BCUT2D eigenvalue weighted by molar-refractivity contribution is 0.792. The van der Waals surface area contributed by atoms with Crippen LogP contribution < -0.4 is 11.1 Å². The summed E-state index contributed by atoms with van der Waals surface area (Å²) in [6.07, 6.45) is 3.73. The molecule has 0 saturated heterocycles. The zero-order valence-corrected chi connectivity index (χ0v) is 12.2. The van der Waals surface area contributed by atoms with E-state index < -0.39 is 0 Å². The summed E-state index contributed by atoms with van der Waals surface area (Å²) >= 11 is 6.21. The zero-order chi connectivity index (χ0) is 14.7. The third-order valence-corrected chi connectivity index (χ3v) is 3.84. The maximum atomic E-state index is 6.21. The lowest BCUT2D eigenvalue weighted by Crippen LogP contribution is -2.21. The van der Waals surface area contributed by atoms with Gasteiger partial charge in [0.05, 0.1) is 16.8 Å². The number of pyridine rings is 1. The Morgan fingerprint density at radius 2 is 1.81 bits per heavy atom. The van der Waals surface area contributed by atoms with E-state index in [-0.39, 0.29) is 6.04 Å². The molecule has 0 radical (unpaired) electrons. The number of anilines is 1. The number of hydrogen-bond donors (Lipinski definition) is 2. The average molecular weight is 298 g/mol. The van der Waals surface area contributed by atoms with Crippen molar-refractivity contribution >= 4 is 28.1 Å². The van der Waals surface area contributed by atoms with Crippen molar-refractivity contribution < 1.29 is 0 Å². The van der Waals surface area contributed by atoms with Crippen LogP contribution in [-0.2, 0) is 0 Å². The molecule has 106 valence electrons. The van der Waals surface area contributed by atoms with Crippen molar-refractivity contribution in [2.24, 2.45) is 5.73 Å². The average Bonchev–Trinajstić information content (AvgIpc) is 2.54. The Labute approximate surface area is 128 Å². The van der Waals surface area contributed by atoms with Crippen LogP contribution in [0.5, 0.6) is 0 Å². The first-order valence-electron chi connectivity index (χ1n) is 6.83. The Hall–Kier alpha value is -2.10. The number of halogens is 1. The summed E-state index contributed by atoms with van der Waals surface area (Å²) in [6, 6.07) is 15.8. The van der Waals surface area contributed by atoms with Crippen LogP contribution in [0.2, 0.25) is 5.02 Å². The fourth-order valence-electron chi connectivity index (χ4n) is 2.45. The molecule has 1 atom stereocenters. The van der Waals surface area contributed by atoms with Gasteiger partial charge in [0, 0.05) is 29.9 Å². The topological polar surface area (TPSA) is 50.9 Å². The van der Waals surface area contributed by atoms with Gasteiger partial charge in [0.1, 0.15) is 0 Å². The summed E-state index contributed by atoms with van der Waals surface area (Å²) in [5.74, 6) is 0. The fourth-order valence-corrected chi connectivity index (χ4v) is 2.64. The lowest BCUT2D eigenvalue weighted by Gasteiger charge is -2.20. The molecule has 2 aromatic carbocycles. The highest BCUT2D eigenvalue weighted by Crippen LogP contribution is 2.28. The Kier molecular flexibility index (Phi) is 4.04. The maximum Gasteiger partial charge on any atom is 0.0657 e. The molecule has 0 aliphatic heterocycles. The molecule has 3 nitrogen and oxygen atoms in total. The van der Waals surface area contributed by atoms with Crippen LogP contribution in [0.3, 0.4) is 0 Å². The molecular formula is C17H16ClN3. The number of fused-ring (bicyclic) bond motifs is 1. The Balaban J connectivity index is 2.01. The molecule has 0 aliphatic rings. The molecular weight excluding hydrogens is 282 g/mol. The number of para-hydroxylation sites is 1. The molecule has 0 spiro atoms. The first-order valence-corrected chi connectivity index (χ1v) is 7.21. The van der Waals surface area contributed by atoms with E-state index in [1.54, 1.807) is 0 Å². The third-order valence-electron chi connectivity index (χ3n) is 3.51. The number of nitrogens with zero attached hydrogens (tertiary/aromatic N) is 1. The molecule has 0 amide bonds. The van der Waals surface area contributed by atoms with Gasteiger partial charge in [-0.15, -0.1) is 0 Å². The van der Waals surface area contributed by atoms with Crippen molar-refractivity contribution in [2.75, 3.05) is 11.9 Å². The lowest BCUT2D eigenvalue weighted by atomic mass is 10.0. The van der Waals surface area contributed by atoms with Gasteiger partial charge in [-0.25, -0.2) is 0 Å². The van der Waals surface area contributed by atoms with E-state index in [9.17, 15) is 0 Å². The molecule has 4 heteroatoms. The van der Waals surface area contributed by atoms with Crippen molar-refractivity contribution in [1.29, 1.82) is 0 Å². The van der Waals surface area contributed by atoms with Crippen LogP contribution in [0.1, 0.15) is 11.6 Å². The van der Waals surface area contributed by atoms with Crippen molar-refractivity contribution in [1.82, 2.24) is 4.98 Å². The predicted octanol–water partition coefficient (Wildman–Crippen LogP) is 4.00. The van der Waals surface area contributed by atoms with E-state index in [0.29, 0.717) is 11.6 Å². The summed E-state index contributed by atoms with van der Waals surface area (Å²) in [4.78, 5) is 4.32. The highest BCUT2D eigenvalue weighted by molar-refractivity contribution is 6.33. The molecule has 0 saturated carbocycles. The highest BCUT2D eigenvalue weighted by Gasteiger charge is 2.14. The number of nitrogens with two attached hydrogens (primary N) is 1. The number of benzene rings is 2. The van der Waals surface area contributed by atoms with Gasteiger partial charge < -0.3 is 11.1 Å². The SMILES string of the molecule is NCC(Nc1ccccc1Cl)c1cncc2ccccc12. The summed E-state index contributed by atoms with van der Waals surface area (Å²) < 4.78 is 0. The molecule has 3 rings (SSSR count). The monoisotopic (exact) mass is 297 g/mol. The van der Waals surface area contributed by atoms with E-state index in [1.165, 1.54) is 0 Å². The Bertz CT molecular complexity index is 752. The summed E-state index contributed by atoms with van der Waals surface area (Å²) in [5.41, 5.74) is 7.92. The first-order chi connectivity index (χ1) is 10.3. The van der Waals surface area contributed by atoms with Gasteiger partial charge in [-0.1, -0.05) is 48.0 Å². The zero-order valence-electron chi connectivity index (χ0n) is 11.5. The fraction of sp³-hybridized carbons (Fsp3) is 0.118. The van der Waals surface area contributed by atoms with Crippen LogP contribution in [-0.4, -0.2) is 11.5 Å². The predicted molar refractivity (Wildman–Crippen MR) is 88.6 cm³/mol. The Morgan fingerprint density at radius 1 is 1.05 bits per heavy atom. The molecule has 0 bridgehead atoms. The quantitative estimate of drug-likeness (QED) is 0.765. The van der Waals surface area contributed by atoms with E-state index in [0.717, 1.165) is 22.0 Å². The molecule has 3 N–H and O–H groups in total. The Morgan fingerprint density at radius 3 is 2.62 bits per heavy atom. The van der Waals surface area contributed by atoms with Gasteiger partial charge in [0.2, 0.25) is 0 Å². The van der Waals surface area contributed by atoms with Gasteiger partial charge in [-0.2, -0.15) is 0 Å². The molecule has 1 unspecified atom stereocenters. The molecule has 21 heavy (non-hydrogen) atoms. The minimum absolute atomic E-state index is 0.0384. The van der Waals surface area contributed by atoms with Crippen molar-refractivity contribution in [3.63, 3.8) is 0 Å². The van der Waals surface area contributed by atoms with E-state index in [4.69, 9.17) is 17.3 Å². The first kappa shape index (κ1) is 13.9. The summed E-state index contributed by atoms with van der Waals surface area (Å²) in [7, 11) is 0. The summed E-state index contributed by atoms with van der Waals surface area (Å²) in [5, 5.41) is 6.35. The van der Waals surface area contributed by atoms with Crippen LogP contribution >= 0.6 is 11.6 Å². The highest BCUT2D eigenvalue weighted by atomic mass is 35.5. The maximum absolute atomic E-state index is 6.21. The number of hydrogen-bond acceptors (Lipinski definition) is 3. The molecule has 1 aromatic heterocycles. The van der Waals surface area contributed by atoms with Crippen LogP contribution in [0.15, 0.2) is 60.9 Å². The molecule has 0 aliphatic carbocycles. The van der Waals surface area contributed by atoms with Crippen molar-refractivity contribution in [2.45, 2.75) is 6.04 Å². The minimum Gasteiger partial charge on any atom is -0.376 e. The van der Waals surface area contributed by atoms with Gasteiger partial charge in [0.25, 0.3) is 0 Å². The van der Waals surface area contributed by atoms with Gasteiger partial charge in [0.15, 0.2) is 0 Å². The van der Waals surface area contributed by atoms with Crippen LogP contribution in [0.25, 0.3) is 10.8 Å². The third kappa shape index (κ3) is 2.84. The van der Waals surface area contributed by atoms with Gasteiger partial charge in [-0.05, 0) is 17.5 Å². The second kappa shape index (κ2) is 6.12. The van der Waals surface area contributed by atoms with Crippen LogP contribution in [0, 0.1) is 0 Å². The molecule has 3 aromatic rings. The van der Waals surface area contributed by atoms with E-state index >= 15 is 0 Å². The van der Waals surface area contributed by atoms with Crippen LogP contribution in [0.4, 0.5) is 5.69 Å². The standard InChI is InChI=1S/C17H16ClN3/c18-15-7-3-4-8-16(15)21-17(9-19)14-11-20-10-12-5-1-2-6-13(12)14/h1-8,10-11,17,21H,9,19H2. The molecule has 0 fully saturated rings. The largest absolute Gasteiger partial charge is 0.376 e. The van der Waals surface area contributed by atoms with Gasteiger partial charge in [-0.3, -0.25) is 4.98 Å². The normalized spacial score (nSPS) is 12.3. The summed E-state index contributed by atoms with van der Waals surface area (Å²) in [6.45, 7) is 0.459. The smallest absolute Gasteiger partial charge is 0.0657 e. The van der Waals surface area contributed by atoms with Gasteiger partial charge >= 0.3 is 0 Å². The second-order valence-corrected chi connectivity index (χ2v) is 5.27.